The van der Waals surface area contributed by atoms with Crippen LogP contribution in [0.25, 0.3) is 5.52 Å². The first-order chi connectivity index (χ1) is 12.3. The normalized spacial score (nSPS) is 10.5. The zero-order chi connectivity index (χ0) is 19.0. The molecule has 3 aromatic rings. The van der Waals surface area contributed by atoms with Crippen molar-refractivity contribution in [2.75, 3.05) is 0 Å². The number of ketones is 1. The van der Waals surface area contributed by atoms with E-state index in [1.165, 1.54) is 4.40 Å². The Balaban J connectivity index is 2.28. The first kappa shape index (κ1) is 16.8. The Morgan fingerprint density at radius 2 is 1.73 bits per heavy atom. The summed E-state index contributed by atoms with van der Waals surface area (Å²) in [4.78, 5) is 33.5. The fourth-order valence-electron chi connectivity index (χ4n) is 2.83. The summed E-state index contributed by atoms with van der Waals surface area (Å²) in [5.41, 5.74) is 0.0411. The minimum atomic E-state index is -0.798. The summed E-state index contributed by atoms with van der Waals surface area (Å²) in [6.45, 7) is 1.59. The Morgan fingerprint density at radius 3 is 2.27 bits per heavy atom. The van der Waals surface area contributed by atoms with Crippen molar-refractivity contribution in [2.45, 2.75) is 6.92 Å². The van der Waals surface area contributed by atoms with E-state index in [9.17, 15) is 30.3 Å². The van der Waals surface area contributed by atoms with Crippen LogP contribution in [0.2, 0.25) is 0 Å². The minimum Gasteiger partial charge on any atom is -0.312 e. The molecule has 2 aromatic heterocycles. The maximum absolute atomic E-state index is 13.0. The molecular formula is C17H10N4O5. The molecule has 2 heterocycles. The SMILES string of the molecule is Cc1c(C#N)c2ccccn2c1C(=O)c1cc([N+](=O)[O-])cc([N+](=O)[O-])c1. The van der Waals surface area contributed by atoms with Gasteiger partial charge in [-0.3, -0.25) is 25.0 Å². The lowest BCUT2D eigenvalue weighted by Crippen LogP contribution is -2.08. The fraction of sp³-hybridized carbons (Fsp3) is 0.0588. The van der Waals surface area contributed by atoms with Gasteiger partial charge in [-0.1, -0.05) is 6.07 Å². The van der Waals surface area contributed by atoms with Crippen LogP contribution < -0.4 is 0 Å². The molecule has 0 amide bonds. The lowest BCUT2D eigenvalue weighted by molar-refractivity contribution is -0.394. The molecule has 0 saturated carbocycles. The fourth-order valence-corrected chi connectivity index (χ4v) is 2.83. The average Bonchev–Trinajstić information content (AvgIpc) is 2.91. The van der Waals surface area contributed by atoms with Crippen LogP contribution in [-0.2, 0) is 0 Å². The van der Waals surface area contributed by atoms with Crippen LogP contribution in [0.1, 0.15) is 27.2 Å². The molecular weight excluding hydrogens is 340 g/mol. The van der Waals surface area contributed by atoms with E-state index >= 15 is 0 Å². The highest BCUT2D eigenvalue weighted by atomic mass is 16.6. The summed E-state index contributed by atoms with van der Waals surface area (Å²) < 4.78 is 1.50. The van der Waals surface area contributed by atoms with E-state index in [1.54, 1.807) is 31.3 Å². The highest BCUT2D eigenvalue weighted by Crippen LogP contribution is 2.28. The molecule has 0 saturated heterocycles. The predicted octanol–water partition coefficient (Wildman–Crippen LogP) is 3.17. The third-order valence-electron chi connectivity index (χ3n) is 4.00. The van der Waals surface area contributed by atoms with Gasteiger partial charge in [-0.2, -0.15) is 5.26 Å². The molecule has 0 fully saturated rings. The molecule has 9 nitrogen and oxygen atoms in total. The highest BCUT2D eigenvalue weighted by molar-refractivity contribution is 6.11. The molecule has 0 aliphatic carbocycles. The molecule has 3 rings (SSSR count). The van der Waals surface area contributed by atoms with Gasteiger partial charge in [0.05, 0.1) is 32.7 Å². The Hall–Kier alpha value is -4.06. The Kier molecular flexibility index (Phi) is 3.94. The van der Waals surface area contributed by atoms with Crippen LogP contribution in [0.5, 0.6) is 0 Å². The third-order valence-corrected chi connectivity index (χ3v) is 4.00. The molecule has 26 heavy (non-hydrogen) atoms. The lowest BCUT2D eigenvalue weighted by Gasteiger charge is -2.04. The van der Waals surface area contributed by atoms with Gasteiger partial charge in [-0.05, 0) is 24.6 Å². The van der Waals surface area contributed by atoms with Gasteiger partial charge in [-0.25, -0.2) is 0 Å². The largest absolute Gasteiger partial charge is 0.312 e. The number of nitriles is 1. The number of carbonyl (C=O) groups excluding carboxylic acids is 1. The molecule has 0 aliphatic heterocycles. The smallest absolute Gasteiger partial charge is 0.277 e. The van der Waals surface area contributed by atoms with Gasteiger partial charge in [0, 0.05) is 23.9 Å². The second-order valence-electron chi connectivity index (χ2n) is 5.50. The van der Waals surface area contributed by atoms with Crippen molar-refractivity contribution < 1.29 is 14.6 Å². The summed E-state index contributed by atoms with van der Waals surface area (Å²) in [5, 5.41) is 31.4. The first-order valence-electron chi connectivity index (χ1n) is 7.33. The van der Waals surface area contributed by atoms with Crippen molar-refractivity contribution in [2.24, 2.45) is 0 Å². The second-order valence-corrected chi connectivity index (χ2v) is 5.50. The number of fused-ring (bicyclic) bond motifs is 1. The zero-order valence-electron chi connectivity index (χ0n) is 13.4. The number of hydrogen-bond acceptors (Lipinski definition) is 6. The maximum Gasteiger partial charge on any atom is 0.277 e. The van der Waals surface area contributed by atoms with Gasteiger partial charge < -0.3 is 4.40 Å². The number of benzene rings is 1. The number of nitro benzene ring substituents is 2. The van der Waals surface area contributed by atoms with Gasteiger partial charge in [0.25, 0.3) is 11.4 Å². The average molecular weight is 350 g/mol. The molecule has 1 aromatic carbocycles. The molecule has 0 radical (unpaired) electrons. The summed E-state index contributed by atoms with van der Waals surface area (Å²) in [6.07, 6.45) is 1.59. The van der Waals surface area contributed by atoms with E-state index in [0.717, 1.165) is 18.2 Å². The maximum atomic E-state index is 13.0. The van der Waals surface area contributed by atoms with E-state index in [1.807, 2.05) is 6.07 Å². The van der Waals surface area contributed by atoms with Crippen molar-refractivity contribution in [3.8, 4) is 6.07 Å². The van der Waals surface area contributed by atoms with Crippen LogP contribution >= 0.6 is 0 Å². The van der Waals surface area contributed by atoms with Gasteiger partial charge >= 0.3 is 0 Å². The van der Waals surface area contributed by atoms with Gasteiger partial charge in [0.2, 0.25) is 5.78 Å². The number of rotatable bonds is 4. The van der Waals surface area contributed by atoms with Crippen LogP contribution in [0, 0.1) is 38.5 Å². The quantitative estimate of drug-likeness (QED) is 0.403. The standard InChI is InChI=1S/C17H10N4O5/c1-10-14(9-18)15-4-2-3-5-19(15)16(10)17(22)11-6-12(20(23)24)8-13(7-11)21(25)26/h2-8H,1H3. The molecule has 0 N–H and O–H groups in total. The van der Waals surface area contributed by atoms with E-state index in [0.29, 0.717) is 16.6 Å². The van der Waals surface area contributed by atoms with Gasteiger partial charge in [0.1, 0.15) is 6.07 Å². The van der Waals surface area contributed by atoms with E-state index in [-0.39, 0.29) is 11.3 Å². The Morgan fingerprint density at radius 1 is 1.12 bits per heavy atom. The van der Waals surface area contributed by atoms with Gasteiger partial charge in [-0.15, -0.1) is 0 Å². The number of hydrogen-bond donors (Lipinski definition) is 0. The van der Waals surface area contributed by atoms with Crippen molar-refractivity contribution >= 4 is 22.7 Å². The van der Waals surface area contributed by atoms with E-state index < -0.39 is 27.0 Å². The van der Waals surface area contributed by atoms with Crippen molar-refractivity contribution in [3.63, 3.8) is 0 Å². The minimum absolute atomic E-state index is 0.131. The van der Waals surface area contributed by atoms with Crippen molar-refractivity contribution in [1.29, 1.82) is 5.26 Å². The lowest BCUT2D eigenvalue weighted by atomic mass is 10.0. The number of nitrogens with zero attached hydrogens (tertiary/aromatic N) is 4. The second kappa shape index (κ2) is 6.10. The number of nitro groups is 2. The van der Waals surface area contributed by atoms with Crippen LogP contribution in [0.4, 0.5) is 11.4 Å². The van der Waals surface area contributed by atoms with Crippen LogP contribution in [-0.4, -0.2) is 20.0 Å². The van der Waals surface area contributed by atoms with E-state index in [2.05, 4.69) is 0 Å². The van der Waals surface area contributed by atoms with Crippen molar-refractivity contribution in [1.82, 2.24) is 4.40 Å². The molecule has 0 atom stereocenters. The molecule has 0 spiro atoms. The molecule has 0 unspecified atom stereocenters. The number of aromatic nitrogens is 1. The third kappa shape index (κ3) is 2.55. The molecule has 0 bridgehead atoms. The number of carbonyl (C=O) groups is 1. The highest BCUT2D eigenvalue weighted by Gasteiger charge is 2.25. The van der Waals surface area contributed by atoms with Crippen LogP contribution in [0.15, 0.2) is 42.6 Å². The number of non-ortho nitro benzene ring substituents is 2. The number of pyridine rings is 1. The molecule has 0 aliphatic rings. The Bertz CT molecular complexity index is 1110. The monoisotopic (exact) mass is 350 g/mol. The summed E-state index contributed by atoms with van der Waals surface area (Å²) in [7, 11) is 0. The topological polar surface area (TPSA) is 132 Å². The van der Waals surface area contributed by atoms with Crippen LogP contribution in [0.3, 0.4) is 0 Å². The molecule has 128 valence electrons. The Labute approximate surface area is 146 Å². The summed E-state index contributed by atoms with van der Waals surface area (Å²) >= 11 is 0. The van der Waals surface area contributed by atoms with Crippen molar-refractivity contribution in [3.05, 3.63) is 85.2 Å². The molecule has 9 heteroatoms. The summed E-state index contributed by atoms with van der Waals surface area (Å²) in [6, 6.07) is 9.85. The predicted molar refractivity (Wildman–Crippen MR) is 90.0 cm³/mol. The van der Waals surface area contributed by atoms with E-state index in [4.69, 9.17) is 0 Å². The summed E-state index contributed by atoms with van der Waals surface area (Å²) in [5.74, 6) is -0.642. The zero-order valence-corrected chi connectivity index (χ0v) is 13.4. The van der Waals surface area contributed by atoms with Gasteiger partial charge in [0.15, 0.2) is 0 Å². The first-order valence-corrected chi connectivity index (χ1v) is 7.33.